The molecule has 0 aliphatic heterocycles. The van der Waals surface area contributed by atoms with E-state index in [1.54, 1.807) is 49.6 Å². The molecule has 158 valence electrons. The van der Waals surface area contributed by atoms with Crippen molar-refractivity contribution in [1.29, 1.82) is 0 Å². The average molecular weight is 436 g/mol. The van der Waals surface area contributed by atoms with Gasteiger partial charge in [0.25, 0.3) is 0 Å². The van der Waals surface area contributed by atoms with Crippen LogP contribution in [0.5, 0.6) is 11.5 Å². The standard InChI is InChI=1S/C25H22ClNO4/c1-17(28)20-7-11-22(12-8-20)27-25(29)14-6-18-5-13-23(24(15-18)30-2)31-16-19-3-9-21(26)10-4-19/h3-15H,16H2,1-2H3,(H,27,29). The summed E-state index contributed by atoms with van der Waals surface area (Å²) in [6, 6.07) is 19.6. The summed E-state index contributed by atoms with van der Waals surface area (Å²) in [6.07, 6.45) is 3.12. The Hall–Kier alpha value is -3.57. The largest absolute Gasteiger partial charge is 0.493 e. The number of carbonyl (C=O) groups is 2. The molecule has 3 rings (SSSR count). The van der Waals surface area contributed by atoms with E-state index in [2.05, 4.69) is 5.32 Å². The Morgan fingerprint density at radius 1 is 0.968 bits per heavy atom. The van der Waals surface area contributed by atoms with Crippen molar-refractivity contribution in [3.05, 3.63) is 94.5 Å². The van der Waals surface area contributed by atoms with E-state index in [0.29, 0.717) is 34.4 Å². The number of Topliss-reactive ketones (excluding diaryl/α,β-unsaturated/α-hetero) is 1. The Balaban J connectivity index is 1.61. The first kappa shape index (κ1) is 22.1. The molecule has 3 aromatic carbocycles. The van der Waals surface area contributed by atoms with E-state index in [4.69, 9.17) is 21.1 Å². The molecule has 0 radical (unpaired) electrons. The van der Waals surface area contributed by atoms with Crippen LogP contribution in [0.1, 0.15) is 28.4 Å². The first-order chi connectivity index (χ1) is 14.9. The summed E-state index contributed by atoms with van der Waals surface area (Å²) in [5.41, 5.74) is 2.99. The van der Waals surface area contributed by atoms with Gasteiger partial charge in [0.2, 0.25) is 5.91 Å². The van der Waals surface area contributed by atoms with Crippen LogP contribution in [0.3, 0.4) is 0 Å². The minimum atomic E-state index is -0.280. The Bertz CT molecular complexity index is 1090. The van der Waals surface area contributed by atoms with Gasteiger partial charge in [-0.3, -0.25) is 9.59 Å². The molecule has 0 fully saturated rings. The summed E-state index contributed by atoms with van der Waals surface area (Å²) in [7, 11) is 1.56. The number of benzene rings is 3. The number of hydrogen-bond acceptors (Lipinski definition) is 4. The number of hydrogen-bond donors (Lipinski definition) is 1. The van der Waals surface area contributed by atoms with E-state index in [0.717, 1.165) is 11.1 Å². The van der Waals surface area contributed by atoms with E-state index in [9.17, 15) is 9.59 Å². The molecule has 0 saturated heterocycles. The van der Waals surface area contributed by atoms with Crippen LogP contribution >= 0.6 is 11.6 Å². The normalized spacial score (nSPS) is 10.7. The summed E-state index contributed by atoms with van der Waals surface area (Å²) >= 11 is 5.90. The predicted molar refractivity (Wildman–Crippen MR) is 123 cm³/mol. The predicted octanol–water partition coefficient (Wildman–Crippen LogP) is 5.78. The van der Waals surface area contributed by atoms with Crippen molar-refractivity contribution in [2.45, 2.75) is 13.5 Å². The summed E-state index contributed by atoms with van der Waals surface area (Å²) in [5, 5.41) is 3.43. The number of ether oxygens (including phenoxy) is 2. The second-order valence-corrected chi connectivity index (χ2v) is 7.22. The van der Waals surface area contributed by atoms with Crippen LogP contribution in [-0.4, -0.2) is 18.8 Å². The molecule has 0 aliphatic carbocycles. The van der Waals surface area contributed by atoms with Crippen molar-refractivity contribution < 1.29 is 19.1 Å². The molecule has 0 atom stereocenters. The second-order valence-electron chi connectivity index (χ2n) is 6.78. The van der Waals surface area contributed by atoms with Crippen LogP contribution in [0.2, 0.25) is 5.02 Å². The van der Waals surface area contributed by atoms with Gasteiger partial charge < -0.3 is 14.8 Å². The topological polar surface area (TPSA) is 64.6 Å². The van der Waals surface area contributed by atoms with Crippen LogP contribution in [0.15, 0.2) is 72.8 Å². The average Bonchev–Trinajstić information content (AvgIpc) is 2.78. The lowest BCUT2D eigenvalue weighted by Crippen LogP contribution is -2.07. The highest BCUT2D eigenvalue weighted by molar-refractivity contribution is 6.30. The smallest absolute Gasteiger partial charge is 0.248 e. The third-order valence-electron chi connectivity index (χ3n) is 4.48. The molecule has 31 heavy (non-hydrogen) atoms. The number of ketones is 1. The maximum Gasteiger partial charge on any atom is 0.248 e. The second kappa shape index (κ2) is 10.5. The molecule has 3 aromatic rings. The van der Waals surface area contributed by atoms with Crippen LogP contribution in [0.4, 0.5) is 5.69 Å². The van der Waals surface area contributed by atoms with Gasteiger partial charge in [-0.15, -0.1) is 0 Å². The fourth-order valence-corrected chi connectivity index (χ4v) is 2.92. The minimum Gasteiger partial charge on any atom is -0.493 e. The van der Waals surface area contributed by atoms with Gasteiger partial charge in [0.1, 0.15) is 6.61 Å². The third-order valence-corrected chi connectivity index (χ3v) is 4.73. The number of carbonyl (C=O) groups excluding carboxylic acids is 2. The number of amides is 1. The van der Waals surface area contributed by atoms with Gasteiger partial charge >= 0.3 is 0 Å². The Kier molecular flexibility index (Phi) is 7.46. The zero-order valence-electron chi connectivity index (χ0n) is 17.2. The van der Waals surface area contributed by atoms with E-state index in [1.165, 1.54) is 13.0 Å². The van der Waals surface area contributed by atoms with Crippen LogP contribution < -0.4 is 14.8 Å². The Morgan fingerprint density at radius 3 is 2.32 bits per heavy atom. The van der Waals surface area contributed by atoms with E-state index in [1.807, 2.05) is 30.3 Å². The number of halogens is 1. The van der Waals surface area contributed by atoms with Crippen molar-refractivity contribution >= 4 is 35.1 Å². The molecule has 5 nitrogen and oxygen atoms in total. The maximum absolute atomic E-state index is 12.2. The summed E-state index contributed by atoms with van der Waals surface area (Å²) in [4.78, 5) is 23.5. The summed E-state index contributed by atoms with van der Waals surface area (Å²) in [5.74, 6) is 0.867. The van der Waals surface area contributed by atoms with E-state index in [-0.39, 0.29) is 11.7 Å². The molecular formula is C25H22ClNO4. The lowest BCUT2D eigenvalue weighted by atomic mass is 10.1. The molecule has 0 aromatic heterocycles. The van der Waals surface area contributed by atoms with Gasteiger partial charge in [0, 0.05) is 22.3 Å². The molecule has 0 unspecified atom stereocenters. The Labute approximate surface area is 186 Å². The van der Waals surface area contributed by atoms with Crippen molar-refractivity contribution in [3.8, 4) is 11.5 Å². The van der Waals surface area contributed by atoms with Crippen LogP contribution in [-0.2, 0) is 11.4 Å². The van der Waals surface area contributed by atoms with E-state index < -0.39 is 0 Å². The number of methoxy groups -OCH3 is 1. The van der Waals surface area contributed by atoms with Gasteiger partial charge in [-0.2, -0.15) is 0 Å². The molecule has 0 bridgehead atoms. The number of nitrogens with one attached hydrogen (secondary N) is 1. The van der Waals surface area contributed by atoms with Crippen LogP contribution in [0.25, 0.3) is 6.08 Å². The van der Waals surface area contributed by atoms with Gasteiger partial charge in [0.15, 0.2) is 17.3 Å². The zero-order chi connectivity index (χ0) is 22.2. The Morgan fingerprint density at radius 2 is 1.68 bits per heavy atom. The zero-order valence-corrected chi connectivity index (χ0v) is 18.0. The molecule has 0 saturated carbocycles. The third kappa shape index (κ3) is 6.46. The minimum absolute atomic E-state index is 0.0210. The summed E-state index contributed by atoms with van der Waals surface area (Å²) < 4.78 is 11.3. The number of rotatable bonds is 8. The maximum atomic E-state index is 12.2. The quantitative estimate of drug-likeness (QED) is 0.359. The van der Waals surface area contributed by atoms with Gasteiger partial charge in [-0.1, -0.05) is 29.8 Å². The lowest BCUT2D eigenvalue weighted by molar-refractivity contribution is -0.111. The van der Waals surface area contributed by atoms with Gasteiger partial charge in [-0.05, 0) is 72.7 Å². The molecule has 0 heterocycles. The SMILES string of the molecule is COc1cc(C=CC(=O)Nc2ccc(C(C)=O)cc2)ccc1OCc1ccc(Cl)cc1. The number of anilines is 1. The van der Waals surface area contributed by atoms with E-state index >= 15 is 0 Å². The highest BCUT2D eigenvalue weighted by atomic mass is 35.5. The highest BCUT2D eigenvalue weighted by Gasteiger charge is 2.06. The fraction of sp³-hybridized carbons (Fsp3) is 0.120. The van der Waals surface area contributed by atoms with Gasteiger partial charge in [-0.25, -0.2) is 0 Å². The molecule has 1 N–H and O–H groups in total. The first-order valence-corrected chi connectivity index (χ1v) is 9.98. The summed E-state index contributed by atoms with van der Waals surface area (Å²) in [6.45, 7) is 1.88. The van der Waals surface area contributed by atoms with Crippen molar-refractivity contribution in [1.82, 2.24) is 0 Å². The monoisotopic (exact) mass is 435 g/mol. The van der Waals surface area contributed by atoms with Crippen molar-refractivity contribution in [3.63, 3.8) is 0 Å². The molecule has 0 aliphatic rings. The fourth-order valence-electron chi connectivity index (χ4n) is 2.79. The molecular weight excluding hydrogens is 414 g/mol. The first-order valence-electron chi connectivity index (χ1n) is 9.60. The highest BCUT2D eigenvalue weighted by Crippen LogP contribution is 2.29. The van der Waals surface area contributed by atoms with Crippen molar-refractivity contribution in [2.75, 3.05) is 12.4 Å². The lowest BCUT2D eigenvalue weighted by Gasteiger charge is -2.11. The van der Waals surface area contributed by atoms with Crippen LogP contribution in [0, 0.1) is 0 Å². The van der Waals surface area contributed by atoms with Crippen molar-refractivity contribution in [2.24, 2.45) is 0 Å². The molecule has 6 heteroatoms. The molecule has 1 amide bonds. The van der Waals surface area contributed by atoms with Gasteiger partial charge in [0.05, 0.1) is 7.11 Å². The molecule has 0 spiro atoms.